The number of benzene rings is 1. The highest BCUT2D eigenvalue weighted by molar-refractivity contribution is 6.30. The Balaban J connectivity index is 2.83. The van der Waals surface area contributed by atoms with Crippen LogP contribution in [0.2, 0.25) is 5.02 Å². The molecule has 1 unspecified atom stereocenters. The summed E-state index contributed by atoms with van der Waals surface area (Å²) in [6.07, 6.45) is 0. The molecule has 82 valence electrons. The SMILES string of the molecule is NCC(Nc1cc(F)cc(Cl)c1)C(=O)O. The quantitative estimate of drug-likeness (QED) is 0.732. The summed E-state index contributed by atoms with van der Waals surface area (Å²) in [5, 5.41) is 11.5. The maximum atomic E-state index is 12.9. The molecule has 1 rings (SSSR count). The first-order valence-corrected chi connectivity index (χ1v) is 4.56. The summed E-state index contributed by atoms with van der Waals surface area (Å²) in [5.41, 5.74) is 5.52. The van der Waals surface area contributed by atoms with Crippen molar-refractivity contribution in [2.24, 2.45) is 5.73 Å². The third-order valence-corrected chi connectivity index (χ3v) is 1.96. The fourth-order valence-corrected chi connectivity index (χ4v) is 1.28. The van der Waals surface area contributed by atoms with Crippen molar-refractivity contribution in [1.29, 1.82) is 0 Å². The van der Waals surface area contributed by atoms with Gasteiger partial charge in [0, 0.05) is 17.3 Å². The van der Waals surface area contributed by atoms with Gasteiger partial charge in [-0.05, 0) is 18.2 Å². The van der Waals surface area contributed by atoms with Gasteiger partial charge in [-0.2, -0.15) is 0 Å². The molecule has 0 bridgehead atoms. The van der Waals surface area contributed by atoms with Crippen molar-refractivity contribution in [1.82, 2.24) is 0 Å². The third kappa shape index (κ3) is 3.38. The first-order valence-electron chi connectivity index (χ1n) is 4.18. The van der Waals surface area contributed by atoms with E-state index in [4.69, 9.17) is 22.4 Å². The second-order valence-electron chi connectivity index (χ2n) is 2.93. The Morgan fingerprint density at radius 1 is 1.60 bits per heavy atom. The molecule has 0 saturated heterocycles. The van der Waals surface area contributed by atoms with E-state index in [1.165, 1.54) is 6.07 Å². The van der Waals surface area contributed by atoms with E-state index < -0.39 is 17.8 Å². The number of carboxylic acid groups (broad SMARTS) is 1. The minimum Gasteiger partial charge on any atom is -0.480 e. The van der Waals surface area contributed by atoms with Crippen LogP contribution in [-0.2, 0) is 4.79 Å². The second-order valence-corrected chi connectivity index (χ2v) is 3.37. The molecule has 0 aliphatic carbocycles. The molecule has 4 nitrogen and oxygen atoms in total. The van der Waals surface area contributed by atoms with E-state index in [0.29, 0.717) is 0 Å². The van der Waals surface area contributed by atoms with Gasteiger partial charge < -0.3 is 16.2 Å². The number of anilines is 1. The number of nitrogens with one attached hydrogen (secondary N) is 1. The molecular formula is C9H10ClFN2O2. The van der Waals surface area contributed by atoms with Gasteiger partial charge in [-0.25, -0.2) is 9.18 Å². The van der Waals surface area contributed by atoms with Crippen molar-refractivity contribution in [2.45, 2.75) is 6.04 Å². The lowest BCUT2D eigenvalue weighted by molar-refractivity contribution is -0.137. The summed E-state index contributed by atoms with van der Waals surface area (Å²) in [4.78, 5) is 10.6. The number of carboxylic acids is 1. The highest BCUT2D eigenvalue weighted by Crippen LogP contribution is 2.18. The number of nitrogens with two attached hydrogens (primary N) is 1. The van der Waals surface area contributed by atoms with Crippen molar-refractivity contribution < 1.29 is 14.3 Å². The summed E-state index contributed by atoms with van der Waals surface area (Å²) in [7, 11) is 0. The Bertz CT molecular complexity index is 353. The Labute approximate surface area is 90.8 Å². The van der Waals surface area contributed by atoms with E-state index in [1.807, 2.05) is 0 Å². The highest BCUT2D eigenvalue weighted by Gasteiger charge is 2.15. The molecular weight excluding hydrogens is 223 g/mol. The van der Waals surface area contributed by atoms with Gasteiger partial charge in [-0.1, -0.05) is 11.6 Å². The molecule has 1 atom stereocenters. The van der Waals surface area contributed by atoms with Crippen molar-refractivity contribution >= 4 is 23.3 Å². The van der Waals surface area contributed by atoms with Crippen LogP contribution in [0.15, 0.2) is 18.2 Å². The number of carbonyl (C=O) groups is 1. The fraction of sp³-hybridized carbons (Fsp3) is 0.222. The lowest BCUT2D eigenvalue weighted by atomic mass is 10.2. The van der Waals surface area contributed by atoms with E-state index in [9.17, 15) is 9.18 Å². The van der Waals surface area contributed by atoms with E-state index in [0.717, 1.165) is 12.1 Å². The van der Waals surface area contributed by atoms with Gasteiger partial charge >= 0.3 is 5.97 Å². The van der Waals surface area contributed by atoms with Gasteiger partial charge in [0.1, 0.15) is 11.9 Å². The molecule has 0 radical (unpaired) electrons. The molecule has 0 saturated carbocycles. The molecule has 6 heteroatoms. The molecule has 0 spiro atoms. The summed E-state index contributed by atoms with van der Waals surface area (Å²) >= 11 is 5.60. The first kappa shape index (κ1) is 11.7. The van der Waals surface area contributed by atoms with Gasteiger partial charge in [0.2, 0.25) is 0 Å². The Morgan fingerprint density at radius 3 is 2.73 bits per heavy atom. The largest absolute Gasteiger partial charge is 0.480 e. The fourth-order valence-electron chi connectivity index (χ4n) is 1.06. The lowest BCUT2D eigenvalue weighted by Crippen LogP contribution is -2.36. The molecule has 1 aromatic rings. The number of rotatable bonds is 4. The number of hydrogen-bond acceptors (Lipinski definition) is 3. The Morgan fingerprint density at radius 2 is 2.27 bits per heavy atom. The van der Waals surface area contributed by atoms with Gasteiger partial charge in [-0.15, -0.1) is 0 Å². The standard InChI is InChI=1S/C9H10ClFN2O2/c10-5-1-6(11)3-7(2-5)13-8(4-12)9(14)15/h1-3,8,13H,4,12H2,(H,14,15). The monoisotopic (exact) mass is 232 g/mol. The van der Waals surface area contributed by atoms with Crippen molar-refractivity contribution in [2.75, 3.05) is 11.9 Å². The average Bonchev–Trinajstić information content (AvgIpc) is 2.12. The van der Waals surface area contributed by atoms with Crippen molar-refractivity contribution in [3.8, 4) is 0 Å². The zero-order valence-corrected chi connectivity index (χ0v) is 8.46. The van der Waals surface area contributed by atoms with Crippen LogP contribution in [0, 0.1) is 5.82 Å². The number of hydrogen-bond donors (Lipinski definition) is 3. The molecule has 15 heavy (non-hydrogen) atoms. The highest BCUT2D eigenvalue weighted by atomic mass is 35.5. The van der Waals surface area contributed by atoms with Crippen LogP contribution in [-0.4, -0.2) is 23.7 Å². The zero-order valence-electron chi connectivity index (χ0n) is 7.71. The van der Waals surface area contributed by atoms with Crippen LogP contribution in [0.5, 0.6) is 0 Å². The van der Waals surface area contributed by atoms with E-state index in [-0.39, 0.29) is 17.3 Å². The van der Waals surface area contributed by atoms with Crippen LogP contribution >= 0.6 is 11.6 Å². The smallest absolute Gasteiger partial charge is 0.327 e. The number of halogens is 2. The topological polar surface area (TPSA) is 75.3 Å². The van der Waals surface area contributed by atoms with Crippen LogP contribution in [0.1, 0.15) is 0 Å². The Kier molecular flexibility index (Phi) is 3.88. The van der Waals surface area contributed by atoms with Gasteiger partial charge in [0.05, 0.1) is 0 Å². The summed E-state index contributed by atoms with van der Waals surface area (Å²) in [5.74, 6) is -1.64. The van der Waals surface area contributed by atoms with Crippen LogP contribution in [0.3, 0.4) is 0 Å². The summed E-state index contributed by atoms with van der Waals surface area (Å²) in [6.45, 7) is -0.0938. The van der Waals surface area contributed by atoms with Gasteiger partial charge in [0.15, 0.2) is 0 Å². The Hall–Kier alpha value is -1.33. The average molecular weight is 233 g/mol. The third-order valence-electron chi connectivity index (χ3n) is 1.74. The molecule has 0 heterocycles. The van der Waals surface area contributed by atoms with E-state index in [2.05, 4.69) is 5.32 Å². The zero-order chi connectivity index (χ0) is 11.4. The van der Waals surface area contributed by atoms with E-state index >= 15 is 0 Å². The van der Waals surface area contributed by atoms with Crippen molar-refractivity contribution in [3.63, 3.8) is 0 Å². The molecule has 4 N–H and O–H groups in total. The van der Waals surface area contributed by atoms with Crippen LogP contribution < -0.4 is 11.1 Å². The van der Waals surface area contributed by atoms with Crippen LogP contribution in [0.4, 0.5) is 10.1 Å². The molecule has 0 amide bonds. The minimum absolute atomic E-state index is 0.0938. The van der Waals surface area contributed by atoms with E-state index in [1.54, 1.807) is 0 Å². The molecule has 0 aromatic heterocycles. The summed E-state index contributed by atoms with van der Waals surface area (Å²) < 4.78 is 12.9. The number of aliphatic carboxylic acids is 1. The predicted molar refractivity (Wildman–Crippen MR) is 55.5 cm³/mol. The lowest BCUT2D eigenvalue weighted by Gasteiger charge is -2.13. The molecule has 0 aliphatic heterocycles. The van der Waals surface area contributed by atoms with Crippen LogP contribution in [0.25, 0.3) is 0 Å². The predicted octanol–water partition coefficient (Wildman–Crippen LogP) is 1.30. The van der Waals surface area contributed by atoms with Crippen molar-refractivity contribution in [3.05, 3.63) is 29.0 Å². The first-order chi connectivity index (χ1) is 7.02. The maximum absolute atomic E-state index is 12.9. The summed E-state index contributed by atoms with van der Waals surface area (Å²) in [6, 6.07) is 2.75. The normalized spacial score (nSPS) is 12.2. The maximum Gasteiger partial charge on any atom is 0.327 e. The molecule has 0 fully saturated rings. The molecule has 0 aliphatic rings. The second kappa shape index (κ2) is 4.95. The van der Waals surface area contributed by atoms with Gasteiger partial charge in [-0.3, -0.25) is 0 Å². The molecule has 1 aromatic carbocycles. The van der Waals surface area contributed by atoms with Gasteiger partial charge in [0.25, 0.3) is 0 Å². The minimum atomic E-state index is -1.10.